The molecule has 2 nitrogen and oxygen atoms in total. The van der Waals surface area contributed by atoms with E-state index in [4.69, 9.17) is 4.74 Å². The fourth-order valence-electron chi connectivity index (χ4n) is 9.09. The number of rotatable bonds is 7. The largest absolute Gasteiger partial charge is 0.459 e. The highest BCUT2D eigenvalue weighted by Crippen LogP contribution is 2.67. The van der Waals surface area contributed by atoms with E-state index in [0.717, 1.165) is 48.3 Å². The van der Waals surface area contributed by atoms with Gasteiger partial charge in [0.2, 0.25) is 0 Å². The van der Waals surface area contributed by atoms with Crippen LogP contribution in [0.1, 0.15) is 112 Å². The molecule has 0 unspecified atom stereocenters. The Morgan fingerprint density at radius 3 is 2.61 bits per heavy atom. The van der Waals surface area contributed by atoms with E-state index >= 15 is 0 Å². The maximum absolute atomic E-state index is 12.0. The van der Waals surface area contributed by atoms with Crippen molar-refractivity contribution in [3.8, 4) is 0 Å². The zero-order valence-electron chi connectivity index (χ0n) is 22.4. The first-order chi connectivity index (χ1) is 15.7. The van der Waals surface area contributed by atoms with E-state index in [1.807, 2.05) is 6.92 Å². The number of fused-ring (bicyclic) bond motifs is 5. The molecule has 0 N–H and O–H groups in total. The summed E-state index contributed by atoms with van der Waals surface area (Å²) in [4.78, 5) is 12.0. The second kappa shape index (κ2) is 9.90. The van der Waals surface area contributed by atoms with Gasteiger partial charge in [-0.05, 0) is 98.2 Å². The number of hydrogen-bond acceptors (Lipinski definition) is 2. The molecule has 0 aromatic heterocycles. The first-order valence-electron chi connectivity index (χ1n) is 14.2. The molecule has 0 radical (unpaired) electrons. The predicted molar refractivity (Wildman–Crippen MR) is 138 cm³/mol. The molecular weight excluding hydrogens is 404 g/mol. The molecule has 3 fully saturated rings. The third kappa shape index (κ3) is 4.74. The van der Waals surface area contributed by atoms with Crippen LogP contribution < -0.4 is 0 Å². The van der Waals surface area contributed by atoms with Gasteiger partial charge in [0, 0.05) is 12.5 Å². The van der Waals surface area contributed by atoms with E-state index in [-0.39, 0.29) is 12.1 Å². The van der Waals surface area contributed by atoms with Gasteiger partial charge in [0.05, 0.1) is 0 Å². The second-order valence-corrected chi connectivity index (χ2v) is 13.1. The van der Waals surface area contributed by atoms with Gasteiger partial charge in [0.25, 0.3) is 0 Å². The van der Waals surface area contributed by atoms with Crippen molar-refractivity contribution in [3.63, 3.8) is 0 Å². The van der Waals surface area contributed by atoms with E-state index in [9.17, 15) is 4.79 Å². The van der Waals surface area contributed by atoms with Crippen molar-refractivity contribution in [1.82, 2.24) is 0 Å². The van der Waals surface area contributed by atoms with Crippen LogP contribution in [0.4, 0.5) is 0 Å². The van der Waals surface area contributed by atoms with E-state index in [1.54, 1.807) is 17.7 Å². The molecule has 0 aromatic rings. The van der Waals surface area contributed by atoms with Crippen LogP contribution in [0.15, 0.2) is 23.8 Å². The summed E-state index contributed by atoms with van der Waals surface area (Å²) >= 11 is 0. The van der Waals surface area contributed by atoms with E-state index in [1.165, 1.54) is 57.8 Å². The number of ether oxygens (including phenoxy) is 1. The highest BCUT2D eigenvalue weighted by Gasteiger charge is 2.59. The first kappa shape index (κ1) is 25.1. The van der Waals surface area contributed by atoms with Gasteiger partial charge in [0.15, 0.2) is 0 Å². The van der Waals surface area contributed by atoms with Gasteiger partial charge in [0.1, 0.15) is 6.10 Å². The lowest BCUT2D eigenvalue weighted by Crippen LogP contribution is -2.51. The average molecular weight is 455 g/mol. The average Bonchev–Trinajstić information content (AvgIpc) is 3.11. The lowest BCUT2D eigenvalue weighted by Gasteiger charge is -2.58. The minimum atomic E-state index is -0.173. The Morgan fingerprint density at radius 2 is 1.88 bits per heavy atom. The summed E-state index contributed by atoms with van der Waals surface area (Å²) in [5, 5.41) is 0. The minimum absolute atomic E-state index is 0.0704. The molecule has 0 saturated heterocycles. The molecule has 0 amide bonds. The molecule has 4 aliphatic rings. The quantitative estimate of drug-likeness (QED) is 0.219. The molecule has 0 bridgehead atoms. The standard InChI is InChI=1S/C31H50O2/c1-7-9-29(32)33-24-16-18-30(5)23(20-24)12-13-25-27-15-14-26(22(4)11-8-10-21(2)3)31(27,6)19-17-28(25)30/h7,9,12,21-22,24-28H,8,10-11,13-20H2,1-6H3/b9-7-/t22-,24+,25+,26-,27+,28+,30+,31-/m1/s1. The number of allylic oxidation sites excluding steroid dienone is 2. The Morgan fingerprint density at radius 1 is 1.09 bits per heavy atom. The molecule has 0 spiro atoms. The van der Waals surface area contributed by atoms with Crippen molar-refractivity contribution in [2.75, 3.05) is 0 Å². The predicted octanol–water partition coefficient (Wildman–Crippen LogP) is 8.52. The normalized spacial score (nSPS) is 41.3. The Hall–Kier alpha value is -1.05. The lowest BCUT2D eigenvalue weighted by molar-refractivity contribution is -0.145. The highest BCUT2D eigenvalue weighted by atomic mass is 16.5. The molecule has 186 valence electrons. The van der Waals surface area contributed by atoms with Gasteiger partial charge in [-0.2, -0.15) is 0 Å². The zero-order chi connectivity index (χ0) is 23.8. The molecule has 3 saturated carbocycles. The molecule has 8 atom stereocenters. The SMILES string of the molecule is C/C=C\C(=O)O[C@H]1CC[C@@]2(C)C(=CC[C@H]3[C@@H]4CC[C@H]([C@H](C)CCCC(C)C)[C@@]4(C)CC[C@@H]32)C1. The van der Waals surface area contributed by atoms with Crippen molar-refractivity contribution in [3.05, 3.63) is 23.8 Å². The molecule has 2 heteroatoms. The maximum atomic E-state index is 12.0. The van der Waals surface area contributed by atoms with E-state index < -0.39 is 0 Å². The second-order valence-electron chi connectivity index (χ2n) is 13.1. The number of carbonyl (C=O) groups is 1. The summed E-state index contributed by atoms with van der Waals surface area (Å²) in [6, 6.07) is 0. The molecule has 0 heterocycles. The highest BCUT2D eigenvalue weighted by molar-refractivity contribution is 5.81. The van der Waals surface area contributed by atoms with E-state index in [0.29, 0.717) is 10.8 Å². The van der Waals surface area contributed by atoms with Gasteiger partial charge in [-0.1, -0.05) is 71.6 Å². The van der Waals surface area contributed by atoms with Crippen molar-refractivity contribution < 1.29 is 9.53 Å². The molecule has 4 rings (SSSR count). The molecule has 0 aromatic carbocycles. The third-order valence-corrected chi connectivity index (χ3v) is 10.8. The van der Waals surface area contributed by atoms with Crippen LogP contribution in [-0.2, 0) is 9.53 Å². The van der Waals surface area contributed by atoms with E-state index in [2.05, 4.69) is 40.7 Å². The number of esters is 1. The Bertz CT molecular complexity index is 763. The summed E-state index contributed by atoms with van der Waals surface area (Å²) in [6.45, 7) is 14.4. The summed E-state index contributed by atoms with van der Waals surface area (Å²) in [5.74, 6) is 5.08. The van der Waals surface area contributed by atoms with Gasteiger partial charge < -0.3 is 4.74 Å². The van der Waals surface area contributed by atoms with Crippen LogP contribution in [0.5, 0.6) is 0 Å². The van der Waals surface area contributed by atoms with Crippen LogP contribution >= 0.6 is 0 Å². The van der Waals surface area contributed by atoms with Gasteiger partial charge >= 0.3 is 5.97 Å². The molecule has 4 aliphatic carbocycles. The molecular formula is C31H50O2. The number of hydrogen-bond donors (Lipinski definition) is 0. The van der Waals surface area contributed by atoms with Crippen LogP contribution in [0, 0.1) is 46.3 Å². The van der Waals surface area contributed by atoms with Crippen LogP contribution in [0.2, 0.25) is 0 Å². The summed E-state index contributed by atoms with van der Waals surface area (Å²) in [7, 11) is 0. The Kier molecular flexibility index (Phi) is 7.52. The summed E-state index contributed by atoms with van der Waals surface area (Å²) in [5.41, 5.74) is 2.49. The minimum Gasteiger partial charge on any atom is -0.459 e. The Balaban J connectivity index is 1.44. The summed E-state index contributed by atoms with van der Waals surface area (Å²) in [6.07, 6.45) is 20.4. The topological polar surface area (TPSA) is 26.3 Å². The van der Waals surface area contributed by atoms with Gasteiger partial charge in [-0.15, -0.1) is 0 Å². The van der Waals surface area contributed by atoms with Crippen LogP contribution in [0.25, 0.3) is 0 Å². The van der Waals surface area contributed by atoms with Crippen molar-refractivity contribution in [2.45, 2.75) is 118 Å². The maximum Gasteiger partial charge on any atom is 0.330 e. The molecule has 0 aliphatic heterocycles. The van der Waals surface area contributed by atoms with Gasteiger partial charge in [-0.25, -0.2) is 4.79 Å². The third-order valence-electron chi connectivity index (χ3n) is 10.8. The van der Waals surface area contributed by atoms with Crippen molar-refractivity contribution in [2.24, 2.45) is 46.3 Å². The summed E-state index contributed by atoms with van der Waals surface area (Å²) < 4.78 is 5.77. The van der Waals surface area contributed by atoms with Crippen molar-refractivity contribution in [1.29, 1.82) is 0 Å². The fraction of sp³-hybridized carbons (Fsp3) is 0.839. The lowest BCUT2D eigenvalue weighted by atomic mass is 9.47. The zero-order valence-corrected chi connectivity index (χ0v) is 22.4. The number of carbonyl (C=O) groups excluding carboxylic acids is 1. The smallest absolute Gasteiger partial charge is 0.330 e. The Labute approximate surface area is 204 Å². The van der Waals surface area contributed by atoms with Crippen LogP contribution in [0.3, 0.4) is 0 Å². The van der Waals surface area contributed by atoms with Crippen LogP contribution in [-0.4, -0.2) is 12.1 Å². The van der Waals surface area contributed by atoms with Crippen molar-refractivity contribution >= 4 is 5.97 Å². The first-order valence-corrected chi connectivity index (χ1v) is 14.2. The van der Waals surface area contributed by atoms with Gasteiger partial charge in [-0.3, -0.25) is 0 Å². The fourth-order valence-corrected chi connectivity index (χ4v) is 9.09. The molecule has 33 heavy (non-hydrogen) atoms. The monoisotopic (exact) mass is 454 g/mol.